The molecule has 4 N–H and O–H groups in total. The highest BCUT2D eigenvalue weighted by atomic mass is 16.2. The number of fused-ring (bicyclic) bond motifs is 1. The van der Waals surface area contributed by atoms with Gasteiger partial charge in [-0.15, -0.1) is 0 Å². The van der Waals surface area contributed by atoms with Crippen molar-refractivity contribution < 1.29 is 9.59 Å². The highest BCUT2D eigenvalue weighted by Crippen LogP contribution is 2.22. The third-order valence-corrected chi connectivity index (χ3v) is 4.20. The maximum absolute atomic E-state index is 11.4. The van der Waals surface area contributed by atoms with Crippen LogP contribution >= 0.6 is 0 Å². The predicted molar refractivity (Wildman–Crippen MR) is 88.6 cm³/mol. The van der Waals surface area contributed by atoms with Gasteiger partial charge in [0, 0.05) is 37.3 Å². The molecule has 2 heterocycles. The van der Waals surface area contributed by atoms with Crippen molar-refractivity contribution in [2.75, 3.05) is 13.1 Å². The van der Waals surface area contributed by atoms with E-state index in [9.17, 15) is 9.59 Å². The summed E-state index contributed by atoms with van der Waals surface area (Å²) in [5.41, 5.74) is 8.35. The van der Waals surface area contributed by atoms with Crippen molar-refractivity contribution in [1.29, 1.82) is 0 Å². The van der Waals surface area contributed by atoms with Crippen LogP contribution in [0, 0.1) is 0 Å². The Hall–Kier alpha value is -2.60. The molecular weight excluding hydrogens is 292 g/mol. The van der Waals surface area contributed by atoms with Crippen LogP contribution in [0.4, 0.5) is 0 Å². The largest absolute Gasteiger partial charge is 0.369 e. The zero-order chi connectivity index (χ0) is 16.4. The summed E-state index contributed by atoms with van der Waals surface area (Å²) in [6.07, 6.45) is 3.42. The third-order valence-electron chi connectivity index (χ3n) is 4.20. The molecule has 1 fully saturated rings. The van der Waals surface area contributed by atoms with E-state index in [0.717, 1.165) is 22.0 Å². The zero-order valence-corrected chi connectivity index (χ0v) is 12.8. The van der Waals surface area contributed by atoms with Gasteiger partial charge in [0.2, 0.25) is 11.8 Å². The van der Waals surface area contributed by atoms with Crippen molar-refractivity contribution >= 4 is 22.7 Å². The summed E-state index contributed by atoms with van der Waals surface area (Å²) in [7, 11) is 0. The van der Waals surface area contributed by atoms with Crippen molar-refractivity contribution in [1.82, 2.24) is 15.2 Å². The summed E-state index contributed by atoms with van der Waals surface area (Å²) in [4.78, 5) is 27.5. The van der Waals surface area contributed by atoms with Crippen molar-refractivity contribution in [3.05, 3.63) is 48.2 Å². The predicted octanol–water partition coefficient (Wildman–Crippen LogP) is 0.682. The standard InChI is InChI=1S/C17H20N4O2/c1-2-16(23)21-9-13(10-21)19-7-11-4-3-5-14-12(6-15(18)22)8-20-17(11)14/h2-5,8,13,19-20H,1,6-7,9-10H2,(H2,18,22). The van der Waals surface area contributed by atoms with Crippen LogP contribution in [0.1, 0.15) is 11.1 Å². The van der Waals surface area contributed by atoms with Gasteiger partial charge in [-0.2, -0.15) is 0 Å². The minimum atomic E-state index is -0.337. The highest BCUT2D eigenvalue weighted by Gasteiger charge is 2.28. The van der Waals surface area contributed by atoms with Gasteiger partial charge in [-0.1, -0.05) is 24.8 Å². The quantitative estimate of drug-likeness (QED) is 0.685. The number of primary amides is 1. The molecule has 0 unspecified atom stereocenters. The number of nitrogens with two attached hydrogens (primary N) is 1. The van der Waals surface area contributed by atoms with Crippen LogP contribution < -0.4 is 11.1 Å². The van der Waals surface area contributed by atoms with Gasteiger partial charge < -0.3 is 20.9 Å². The number of hydrogen-bond donors (Lipinski definition) is 3. The Morgan fingerprint density at radius 1 is 1.39 bits per heavy atom. The Kier molecular flexibility index (Phi) is 4.16. The van der Waals surface area contributed by atoms with E-state index in [-0.39, 0.29) is 18.2 Å². The second-order valence-electron chi connectivity index (χ2n) is 5.82. The molecule has 1 saturated heterocycles. The number of nitrogens with one attached hydrogen (secondary N) is 2. The molecular formula is C17H20N4O2. The number of rotatable bonds is 6. The number of hydrogen-bond acceptors (Lipinski definition) is 3. The van der Waals surface area contributed by atoms with Gasteiger partial charge in [-0.3, -0.25) is 9.59 Å². The van der Waals surface area contributed by atoms with Gasteiger partial charge in [0.1, 0.15) is 0 Å². The highest BCUT2D eigenvalue weighted by molar-refractivity contribution is 5.90. The molecule has 6 heteroatoms. The minimum Gasteiger partial charge on any atom is -0.369 e. The molecule has 0 aliphatic carbocycles. The average Bonchev–Trinajstić information content (AvgIpc) is 2.88. The zero-order valence-electron chi connectivity index (χ0n) is 12.8. The minimum absolute atomic E-state index is 0.0226. The van der Waals surface area contributed by atoms with Crippen LogP contribution in [0.2, 0.25) is 0 Å². The molecule has 0 bridgehead atoms. The first-order valence-electron chi connectivity index (χ1n) is 7.59. The molecule has 0 atom stereocenters. The maximum atomic E-state index is 11.4. The summed E-state index contributed by atoms with van der Waals surface area (Å²) in [6, 6.07) is 6.31. The Labute approximate surface area is 134 Å². The molecule has 23 heavy (non-hydrogen) atoms. The summed E-state index contributed by atoms with van der Waals surface area (Å²) < 4.78 is 0. The van der Waals surface area contributed by atoms with Gasteiger partial charge >= 0.3 is 0 Å². The van der Waals surface area contributed by atoms with Crippen LogP contribution in [0.25, 0.3) is 10.9 Å². The Morgan fingerprint density at radius 2 is 2.17 bits per heavy atom. The fourth-order valence-corrected chi connectivity index (χ4v) is 2.93. The Bertz CT molecular complexity index is 759. The molecule has 1 aliphatic heterocycles. The first-order valence-corrected chi connectivity index (χ1v) is 7.59. The smallest absolute Gasteiger partial charge is 0.246 e. The Balaban J connectivity index is 1.65. The van der Waals surface area contributed by atoms with Crippen molar-refractivity contribution in [2.45, 2.75) is 19.0 Å². The van der Waals surface area contributed by atoms with Gasteiger partial charge in [0.25, 0.3) is 0 Å². The van der Waals surface area contributed by atoms with Crippen molar-refractivity contribution in [3.63, 3.8) is 0 Å². The number of benzene rings is 1. The first-order chi connectivity index (χ1) is 11.1. The molecule has 2 amide bonds. The second kappa shape index (κ2) is 6.26. The number of aromatic amines is 1. The van der Waals surface area contributed by atoms with Gasteiger partial charge in [-0.25, -0.2) is 0 Å². The molecule has 0 spiro atoms. The van der Waals surface area contributed by atoms with Crippen LogP contribution in [-0.4, -0.2) is 40.8 Å². The molecule has 1 aliphatic rings. The van der Waals surface area contributed by atoms with E-state index in [0.29, 0.717) is 25.7 Å². The van der Waals surface area contributed by atoms with Crippen LogP contribution in [-0.2, 0) is 22.6 Å². The topological polar surface area (TPSA) is 91.2 Å². The summed E-state index contributed by atoms with van der Waals surface area (Å²) >= 11 is 0. The van der Waals surface area contributed by atoms with Crippen molar-refractivity contribution in [2.24, 2.45) is 5.73 Å². The van der Waals surface area contributed by atoms with Crippen LogP contribution in [0.5, 0.6) is 0 Å². The summed E-state index contributed by atoms with van der Waals surface area (Å²) in [5, 5.41) is 4.47. The lowest BCUT2D eigenvalue weighted by molar-refractivity contribution is -0.130. The molecule has 1 aromatic carbocycles. The fourth-order valence-electron chi connectivity index (χ4n) is 2.93. The van der Waals surface area contributed by atoms with Crippen LogP contribution in [0.3, 0.4) is 0 Å². The number of nitrogens with zero attached hydrogens (tertiary/aromatic N) is 1. The fraction of sp³-hybridized carbons (Fsp3) is 0.294. The van der Waals surface area contributed by atoms with E-state index in [1.54, 1.807) is 4.90 Å². The van der Waals surface area contributed by atoms with E-state index < -0.39 is 0 Å². The number of H-pyrrole nitrogens is 1. The number of carbonyl (C=O) groups excluding carboxylic acids is 2. The molecule has 2 aromatic rings. The molecule has 120 valence electrons. The number of likely N-dealkylation sites (tertiary alicyclic amines) is 1. The van der Waals surface area contributed by atoms with E-state index >= 15 is 0 Å². The van der Waals surface area contributed by atoms with Gasteiger partial charge in [0.15, 0.2) is 0 Å². The average molecular weight is 312 g/mol. The molecule has 1 aromatic heterocycles. The Morgan fingerprint density at radius 3 is 2.87 bits per heavy atom. The lowest BCUT2D eigenvalue weighted by atomic mass is 10.1. The van der Waals surface area contributed by atoms with Gasteiger partial charge in [-0.05, 0) is 17.2 Å². The molecule has 0 radical (unpaired) electrons. The number of amides is 2. The monoisotopic (exact) mass is 312 g/mol. The number of aromatic nitrogens is 1. The van der Waals surface area contributed by atoms with E-state index in [4.69, 9.17) is 5.73 Å². The number of para-hydroxylation sites is 1. The van der Waals surface area contributed by atoms with E-state index in [1.807, 2.05) is 24.4 Å². The summed E-state index contributed by atoms with van der Waals surface area (Å²) in [5.74, 6) is -0.360. The lowest BCUT2D eigenvalue weighted by Crippen LogP contribution is -2.59. The first kappa shape index (κ1) is 15.3. The molecule has 0 saturated carbocycles. The third kappa shape index (κ3) is 3.12. The second-order valence-corrected chi connectivity index (χ2v) is 5.82. The normalized spacial score (nSPS) is 14.7. The van der Waals surface area contributed by atoms with Crippen LogP contribution in [0.15, 0.2) is 37.1 Å². The number of carbonyl (C=O) groups is 2. The van der Waals surface area contributed by atoms with E-state index in [1.165, 1.54) is 6.08 Å². The van der Waals surface area contributed by atoms with E-state index in [2.05, 4.69) is 16.9 Å². The molecule has 6 nitrogen and oxygen atoms in total. The lowest BCUT2D eigenvalue weighted by Gasteiger charge is -2.39. The summed E-state index contributed by atoms with van der Waals surface area (Å²) in [6.45, 7) is 5.61. The maximum Gasteiger partial charge on any atom is 0.246 e. The SMILES string of the molecule is C=CC(=O)N1CC(NCc2cccc3c(CC(N)=O)c[nH]c23)C1. The molecule has 3 rings (SSSR count). The van der Waals surface area contributed by atoms with Crippen molar-refractivity contribution in [3.8, 4) is 0 Å². The van der Waals surface area contributed by atoms with Gasteiger partial charge in [0.05, 0.1) is 11.9 Å².